The number of nitrogens with two attached hydrogens (primary N) is 6. The first-order valence-corrected chi connectivity index (χ1v) is 40.9. The molecule has 27 N–H and O–H groups in total. The molecule has 0 bridgehead atoms. The first-order chi connectivity index (χ1) is 55.5. The third-order valence-corrected chi connectivity index (χ3v) is 20.4. The topological polar surface area (TPSA) is 669 Å². The van der Waals surface area contributed by atoms with Gasteiger partial charge < -0.3 is 123 Å². The molecule has 4 heterocycles. The Kier molecular flexibility index (Phi) is 40.5. The zero-order valence-corrected chi connectivity index (χ0v) is 68.5. The maximum atomic E-state index is 14.7. The second kappa shape index (κ2) is 49.1. The van der Waals surface area contributed by atoms with Gasteiger partial charge in [-0.05, 0) is 120 Å². The third-order valence-electron chi connectivity index (χ3n) is 19.4. The van der Waals surface area contributed by atoms with E-state index < -0.39 is 180 Å². The number of benzene rings is 1. The van der Waals surface area contributed by atoms with Crippen LogP contribution in [0.1, 0.15) is 136 Å². The van der Waals surface area contributed by atoms with Crippen LogP contribution in [0.15, 0.2) is 57.8 Å². The fourth-order valence-corrected chi connectivity index (χ4v) is 13.9. The summed E-state index contributed by atoms with van der Waals surface area (Å²) >= 11 is 5.64. The molecule has 0 spiro atoms. The van der Waals surface area contributed by atoms with Crippen LogP contribution in [-0.2, 0) is 84.8 Å². The Hall–Kier alpha value is -11.1. The van der Waals surface area contributed by atoms with Crippen molar-refractivity contribution in [3.63, 3.8) is 0 Å². The molecule has 3 fully saturated rings. The summed E-state index contributed by atoms with van der Waals surface area (Å²) in [6.07, 6.45) is 5.63. The molecule has 44 heteroatoms. The highest BCUT2D eigenvalue weighted by Crippen LogP contribution is 2.24. The zero-order chi connectivity index (χ0) is 86.6. The number of rotatable bonds is 49. The Labute approximate surface area is 687 Å². The number of carbonyl (C=O) groups excluding carboxylic acids is 14. The average Bonchev–Trinajstić information content (AvgIpc) is 1.72. The van der Waals surface area contributed by atoms with Crippen LogP contribution in [0.3, 0.4) is 0 Å². The van der Waals surface area contributed by atoms with E-state index in [9.17, 15) is 82.1 Å². The molecule has 5 rings (SSSR count). The van der Waals surface area contributed by atoms with E-state index >= 15 is 0 Å². The van der Waals surface area contributed by atoms with Gasteiger partial charge >= 0.3 is 5.97 Å². The molecule has 14 atom stereocenters. The van der Waals surface area contributed by atoms with Crippen molar-refractivity contribution in [2.24, 2.45) is 61.2 Å². The van der Waals surface area contributed by atoms with Crippen molar-refractivity contribution < 1.29 is 82.1 Å². The van der Waals surface area contributed by atoms with Gasteiger partial charge in [-0.15, -0.1) is 0 Å². The van der Waals surface area contributed by atoms with Crippen LogP contribution >= 0.6 is 24.4 Å². The Morgan fingerprint density at radius 2 is 1.01 bits per heavy atom. The van der Waals surface area contributed by atoms with Crippen LogP contribution in [0.25, 0.3) is 0 Å². The van der Waals surface area contributed by atoms with Gasteiger partial charge in [-0.2, -0.15) is 24.4 Å². The Morgan fingerprint density at radius 3 is 1.50 bits per heavy atom. The largest absolute Gasteiger partial charge is 0.480 e. The number of aliphatic hydroxyl groups excluding tert-OH is 1. The Morgan fingerprint density at radius 1 is 0.547 bits per heavy atom. The number of carboxylic acids is 1. The lowest BCUT2D eigenvalue weighted by atomic mass is 10.0. The van der Waals surface area contributed by atoms with Gasteiger partial charge in [0.2, 0.25) is 82.7 Å². The van der Waals surface area contributed by atoms with Crippen molar-refractivity contribution in [2.75, 3.05) is 57.1 Å². The van der Waals surface area contributed by atoms with Crippen molar-refractivity contribution >= 4 is 131 Å². The number of aliphatic hydroxyl groups is 1. The van der Waals surface area contributed by atoms with E-state index in [1.54, 1.807) is 64.3 Å². The van der Waals surface area contributed by atoms with Crippen LogP contribution in [-0.4, -0.2) is 278 Å². The molecule has 648 valence electrons. The molecule has 14 amide bonds. The molecule has 117 heavy (non-hydrogen) atoms. The molecule has 0 saturated carbocycles. The van der Waals surface area contributed by atoms with E-state index in [1.165, 1.54) is 41.0 Å². The van der Waals surface area contributed by atoms with Crippen LogP contribution in [0, 0.1) is 11.8 Å². The first kappa shape index (κ1) is 96.5. The van der Waals surface area contributed by atoms with E-state index in [-0.39, 0.29) is 158 Å². The Bertz CT molecular complexity index is 3810. The summed E-state index contributed by atoms with van der Waals surface area (Å²) in [5, 5.41) is 52.1. The molecule has 1 aromatic heterocycles. The minimum absolute atomic E-state index is 0.00561. The molecule has 2 aromatic rings. The lowest BCUT2D eigenvalue weighted by Gasteiger charge is -2.33. The minimum atomic E-state index is -1.82. The number of aromatic amines is 1. The zero-order valence-electron chi connectivity index (χ0n) is 66.8. The number of guanidine groups is 3. The SMILES string of the molecule is CSCC[C@H](NC(=O)[C@H](CS)NC(=O)[C@H](CCCN=C(N)N)NC(=O)[C@H](CCCN=C(N)N)NC(=O)C1CCC(=O)N1)C(=O)N[C@@H](C)C(=O)N[C@@H](CC(C)C)C(=O)N[C@@H](Cc1cnc[nH]1)C(=O)N[C@@H](CO)C(=O)N[C@@H](CCCN=C(N)N)C(=O)N[C@H](C(=O)N1CCC[C@H]1C(=O)N[C@@H](Cc1ccccc1)C(=O)N1CCC[C@H]1C(=O)O)C(C)C. The highest BCUT2D eigenvalue weighted by Gasteiger charge is 2.44. The molecular weight excluding hydrogens is 1560 g/mol. The molecule has 42 nitrogen and oxygen atoms in total. The van der Waals surface area contributed by atoms with Gasteiger partial charge in [-0.1, -0.05) is 58.0 Å². The van der Waals surface area contributed by atoms with E-state index in [0.29, 0.717) is 29.9 Å². The maximum absolute atomic E-state index is 14.7. The van der Waals surface area contributed by atoms with Gasteiger partial charge in [0.25, 0.3) is 0 Å². The number of amides is 14. The van der Waals surface area contributed by atoms with Crippen molar-refractivity contribution in [1.82, 2.24) is 83.6 Å². The predicted octanol–water partition coefficient (Wildman–Crippen LogP) is -6.57. The summed E-state index contributed by atoms with van der Waals surface area (Å²) in [6.45, 7) is 7.32. The molecular formula is C73H117N25O17S2. The second-order valence-electron chi connectivity index (χ2n) is 29.5. The predicted molar refractivity (Wildman–Crippen MR) is 436 cm³/mol. The number of carbonyl (C=O) groups is 15. The lowest BCUT2D eigenvalue weighted by molar-refractivity contribution is -0.150. The number of thiol groups is 1. The number of nitrogens with zero attached hydrogens (tertiary/aromatic N) is 6. The van der Waals surface area contributed by atoms with E-state index in [4.69, 9.17) is 34.4 Å². The molecule has 1 aromatic carbocycles. The van der Waals surface area contributed by atoms with Crippen LogP contribution < -0.4 is 98.2 Å². The third kappa shape index (κ3) is 32.2. The smallest absolute Gasteiger partial charge is 0.326 e. The van der Waals surface area contributed by atoms with Crippen molar-refractivity contribution in [3.8, 4) is 0 Å². The number of hydrogen-bond donors (Lipinski definition) is 22. The number of aliphatic carboxylic acids is 1. The standard InChI is InChI=1S/C73H117N25O17S2/c1-38(2)31-48(91-57(101)40(5)85-58(102)47(24-30-117-6)90-66(110)52(36-116)95-60(104)44(18-11-26-82-72(76)77)87-59(103)43(17-10-25-81-71(74)75)88-61(105)46-22-23-55(100)86-46)63(107)92-49(33-42-34-80-37-84-42)64(108)94-51(35-99)65(109)89-45(19-12-27-83-73(78)79)62(106)96-56(39(3)4)69(113)97-28-13-20-53(97)67(111)93-50(32-41-15-8-7-9-16-41)68(112)98-29-14-21-54(98)70(114)115/h7-9,15-16,34,37-40,43-54,56,99,116H,10-14,17-33,35-36H2,1-6H3,(H,80,84)(H,85,102)(H,86,100)(H,87,103)(H,88,105)(H,89,109)(H,90,110)(H,91,101)(H,92,107)(H,93,111)(H,94,108)(H,95,104)(H,96,106)(H,114,115)(H4,74,75,81)(H4,76,77,82)(H4,78,79,83)/t40-,43-,44-,45-,46?,47-,48-,49-,50-,51-,52-,53-,54-,56-/m0/s1. The maximum Gasteiger partial charge on any atom is 0.326 e. The normalized spacial score (nSPS) is 17.8. The summed E-state index contributed by atoms with van der Waals surface area (Å²) in [5.41, 5.74) is 34.2. The van der Waals surface area contributed by atoms with Crippen LogP contribution in [0.5, 0.6) is 0 Å². The Balaban J connectivity index is 1.28. The monoisotopic (exact) mass is 1680 g/mol. The summed E-state index contributed by atoms with van der Waals surface area (Å²) in [5.74, 6) is -14.1. The highest BCUT2D eigenvalue weighted by molar-refractivity contribution is 7.98. The molecule has 3 aliphatic rings. The second-order valence-corrected chi connectivity index (χ2v) is 30.8. The number of nitrogens with one attached hydrogen (secondary N) is 13. The van der Waals surface area contributed by atoms with Crippen LogP contribution in [0.2, 0.25) is 0 Å². The number of carboxylic acid groups (broad SMARTS) is 1. The fourth-order valence-electron chi connectivity index (χ4n) is 13.2. The quantitative estimate of drug-likeness (QED) is 0.0127. The average molecular weight is 1680 g/mol. The summed E-state index contributed by atoms with van der Waals surface area (Å²) < 4.78 is 0. The summed E-state index contributed by atoms with van der Waals surface area (Å²) in [4.78, 5) is 231. The van der Waals surface area contributed by atoms with E-state index in [2.05, 4.69) is 101 Å². The number of hydrogen-bond acceptors (Lipinski definition) is 22. The van der Waals surface area contributed by atoms with Crippen molar-refractivity contribution in [2.45, 2.75) is 222 Å². The number of thioether (sulfide) groups is 1. The van der Waals surface area contributed by atoms with E-state index in [1.807, 2.05) is 0 Å². The first-order valence-electron chi connectivity index (χ1n) is 38.9. The van der Waals surface area contributed by atoms with Gasteiger partial charge in [0.15, 0.2) is 17.9 Å². The molecule has 0 aliphatic carbocycles. The summed E-state index contributed by atoms with van der Waals surface area (Å²) in [6, 6.07) is -10.0. The van der Waals surface area contributed by atoms with Gasteiger partial charge in [-0.3, -0.25) is 82.1 Å². The van der Waals surface area contributed by atoms with E-state index in [0.717, 1.165) is 0 Å². The number of aliphatic imine (C=N–C) groups is 3. The van der Waals surface area contributed by atoms with Crippen LogP contribution in [0.4, 0.5) is 0 Å². The van der Waals surface area contributed by atoms with Crippen molar-refractivity contribution in [1.29, 1.82) is 0 Å². The van der Waals surface area contributed by atoms with Gasteiger partial charge in [-0.25, -0.2) is 9.78 Å². The highest BCUT2D eigenvalue weighted by atomic mass is 32.2. The van der Waals surface area contributed by atoms with Gasteiger partial charge in [0.05, 0.1) is 12.9 Å². The molecule has 1 unspecified atom stereocenters. The molecule has 3 aliphatic heterocycles. The number of aromatic nitrogens is 2. The number of imidazole rings is 1. The molecule has 0 radical (unpaired) electrons. The minimum Gasteiger partial charge on any atom is -0.480 e. The number of likely N-dealkylation sites (tertiary alicyclic amines) is 2. The summed E-state index contributed by atoms with van der Waals surface area (Å²) in [7, 11) is 0. The number of H-pyrrole nitrogens is 1. The van der Waals surface area contributed by atoms with Gasteiger partial charge in [0.1, 0.15) is 84.6 Å². The molecule has 3 saturated heterocycles. The van der Waals surface area contributed by atoms with Gasteiger partial charge in [0, 0.05) is 69.6 Å². The van der Waals surface area contributed by atoms with Crippen molar-refractivity contribution in [3.05, 3.63) is 54.1 Å². The fraction of sp³-hybridized carbons (Fsp3) is 0.630. The lowest BCUT2D eigenvalue weighted by Crippen LogP contribution is -2.62.